The average molecular weight is 130 g/mol. The van der Waals surface area contributed by atoms with E-state index in [1.807, 2.05) is 0 Å². The van der Waals surface area contributed by atoms with Crippen LogP contribution in [0, 0.1) is 6.92 Å². The van der Waals surface area contributed by atoms with Gasteiger partial charge in [0.2, 0.25) is 0 Å². The molecule has 7 heavy (non-hydrogen) atoms. The monoisotopic (exact) mass is 130 g/mol. The zero-order valence-electron chi connectivity index (χ0n) is 4.51. The molecule has 0 aromatic rings. The Hall–Kier alpha value is 0.820. The van der Waals surface area contributed by atoms with Gasteiger partial charge in [0.25, 0.3) is 0 Å². The van der Waals surface area contributed by atoms with E-state index in [-0.39, 0.29) is 29.6 Å². The van der Waals surface area contributed by atoms with E-state index < -0.39 is 5.30 Å². The summed E-state index contributed by atoms with van der Waals surface area (Å²) in [4.78, 5) is 8.86. The molecule has 0 aliphatic carbocycles. The maximum atomic E-state index is 8.86. The molecule has 0 spiro atoms. The number of rotatable bonds is 0. The molecule has 0 radical (unpaired) electrons. The molecule has 0 bridgehead atoms. The minimum absolute atomic E-state index is 0. The Morgan fingerprint density at radius 2 is 1.71 bits per heavy atom. The average Bonchev–Trinajstić information content (AvgIpc) is 1.41. The van der Waals surface area contributed by atoms with E-state index in [1.165, 1.54) is 0 Å². The molecule has 1 N–H and O–H groups in total. The molecule has 0 aliphatic rings. The summed E-state index contributed by atoms with van der Waals surface area (Å²) in [7, 11) is 0. The summed E-state index contributed by atoms with van der Waals surface area (Å²) in [5.74, 6) is 0. The molecule has 0 rings (SSSR count). The predicted octanol–water partition coefficient (Wildman–Crippen LogP) is -1.56. The summed E-state index contributed by atoms with van der Waals surface area (Å²) >= 11 is 2.88. The first kappa shape index (κ1) is 15.7. The van der Waals surface area contributed by atoms with Crippen LogP contribution in [0.25, 0.3) is 0 Å². The van der Waals surface area contributed by atoms with Gasteiger partial charge in [-0.3, -0.25) is 0 Å². The van der Waals surface area contributed by atoms with Crippen molar-refractivity contribution < 1.29 is 39.5 Å². The molecule has 0 aromatic carbocycles. The normalized spacial score (nSPS) is 4.43. The minimum Gasteiger partial charge on any atom is -0.473 e. The summed E-state index contributed by atoms with van der Waals surface area (Å²) in [6, 6.07) is 0. The molecule has 0 heterocycles. The topological polar surface area (TPSA) is 37.3 Å². The van der Waals surface area contributed by atoms with Crippen molar-refractivity contribution in [3.05, 3.63) is 6.92 Å². The van der Waals surface area contributed by atoms with Gasteiger partial charge in [-0.1, -0.05) is 12.6 Å². The van der Waals surface area contributed by atoms with Crippen LogP contribution in [0.5, 0.6) is 0 Å². The third-order valence-electron chi connectivity index (χ3n) is 0. The molecule has 38 valence electrons. The molecule has 2 nitrogen and oxygen atoms in total. The fourth-order valence-electron chi connectivity index (χ4n) is 0. The van der Waals surface area contributed by atoms with E-state index in [4.69, 9.17) is 9.90 Å². The van der Waals surface area contributed by atoms with Crippen LogP contribution in [0.4, 0.5) is 4.79 Å². The molecular weight excluding hydrogens is 123 g/mol. The molecule has 0 fully saturated rings. The number of thiol groups is 1. The van der Waals surface area contributed by atoms with Gasteiger partial charge in [-0.25, -0.2) is 4.79 Å². The summed E-state index contributed by atoms with van der Waals surface area (Å²) < 4.78 is 0. The first-order chi connectivity index (χ1) is 2.73. The van der Waals surface area contributed by atoms with Gasteiger partial charge in [0.15, 0.2) is 0 Å². The Bertz CT molecular complexity index is 35.9. The van der Waals surface area contributed by atoms with Crippen LogP contribution in [-0.4, -0.2) is 10.4 Å². The van der Waals surface area contributed by atoms with Crippen molar-refractivity contribution in [2.24, 2.45) is 0 Å². The molecule has 0 atom stereocenters. The van der Waals surface area contributed by atoms with Gasteiger partial charge in [0, 0.05) is 0 Å². The molecule has 4 heteroatoms. The van der Waals surface area contributed by atoms with Gasteiger partial charge >= 0.3 is 34.9 Å². The van der Waals surface area contributed by atoms with Crippen LogP contribution in [0.15, 0.2) is 0 Å². The standard InChI is InChI=1S/C2H5.CH2O2S.Na/c1-2;2-1(3)4;/h1H2,2H3;4H,(H,2,3);/q-1;;+1. The van der Waals surface area contributed by atoms with Crippen molar-refractivity contribution in [2.75, 3.05) is 0 Å². The van der Waals surface area contributed by atoms with Crippen molar-refractivity contribution in [1.29, 1.82) is 0 Å². The second-order valence-electron chi connectivity index (χ2n) is 0.283. The van der Waals surface area contributed by atoms with E-state index in [2.05, 4.69) is 19.6 Å². The quantitative estimate of drug-likeness (QED) is 0.236. The van der Waals surface area contributed by atoms with Gasteiger partial charge in [0.05, 0.1) is 0 Å². The van der Waals surface area contributed by atoms with Gasteiger partial charge in [-0.05, 0) is 0 Å². The van der Waals surface area contributed by atoms with Crippen molar-refractivity contribution in [2.45, 2.75) is 6.92 Å². The van der Waals surface area contributed by atoms with Crippen LogP contribution in [-0.2, 0) is 0 Å². The summed E-state index contributed by atoms with van der Waals surface area (Å²) in [5.41, 5.74) is 0. The van der Waals surface area contributed by atoms with Gasteiger partial charge in [-0.2, -0.15) is 6.92 Å². The first-order valence-electron chi connectivity index (χ1n) is 1.36. The third-order valence-corrected chi connectivity index (χ3v) is 0. The van der Waals surface area contributed by atoms with Crippen LogP contribution >= 0.6 is 12.6 Å². The Kier molecular flexibility index (Phi) is 35.4. The van der Waals surface area contributed by atoms with Crippen molar-refractivity contribution in [3.63, 3.8) is 0 Å². The van der Waals surface area contributed by atoms with E-state index in [0.29, 0.717) is 0 Å². The molecule has 0 amide bonds. The second-order valence-corrected chi connectivity index (χ2v) is 0.665. The number of carbonyl (C=O) groups is 1. The maximum absolute atomic E-state index is 8.86. The molecule has 0 unspecified atom stereocenters. The Morgan fingerprint density at radius 1 is 1.71 bits per heavy atom. The predicted molar refractivity (Wildman–Crippen MR) is 28.0 cm³/mol. The Labute approximate surface area is 71.0 Å². The van der Waals surface area contributed by atoms with Crippen LogP contribution in [0.2, 0.25) is 0 Å². The molecule has 0 aliphatic heterocycles. The van der Waals surface area contributed by atoms with E-state index in [0.717, 1.165) is 0 Å². The zero-order valence-corrected chi connectivity index (χ0v) is 7.40. The molecule has 0 aromatic heterocycles. The van der Waals surface area contributed by atoms with Crippen LogP contribution in [0.1, 0.15) is 6.92 Å². The largest absolute Gasteiger partial charge is 1.00 e. The number of hydrogen-bond acceptors (Lipinski definition) is 1. The molecule has 0 saturated heterocycles. The van der Waals surface area contributed by atoms with E-state index in [1.54, 1.807) is 6.92 Å². The molecule has 0 saturated carbocycles. The number of hydrogen-bond donors (Lipinski definition) is 2. The Balaban J connectivity index is -0.0000000480. The van der Waals surface area contributed by atoms with E-state index >= 15 is 0 Å². The van der Waals surface area contributed by atoms with Crippen molar-refractivity contribution in [3.8, 4) is 0 Å². The summed E-state index contributed by atoms with van der Waals surface area (Å²) in [5, 5.41) is 6.14. The maximum Gasteiger partial charge on any atom is 1.00 e. The third kappa shape index (κ3) is 236. The Morgan fingerprint density at radius 3 is 1.71 bits per heavy atom. The minimum atomic E-state index is -1.14. The smallest absolute Gasteiger partial charge is 0.473 e. The van der Waals surface area contributed by atoms with Crippen LogP contribution in [0.3, 0.4) is 0 Å². The second kappa shape index (κ2) is 15.8. The fourth-order valence-corrected chi connectivity index (χ4v) is 0. The number of carboxylic acid groups (broad SMARTS) is 1. The van der Waals surface area contributed by atoms with Crippen molar-refractivity contribution in [1.82, 2.24) is 0 Å². The fraction of sp³-hybridized carbons (Fsp3) is 0.333. The molecular formula is C3H7NaO2S. The SMILES string of the molecule is O=C(O)S.[CH2-]C.[Na+]. The zero-order chi connectivity index (χ0) is 5.58. The van der Waals surface area contributed by atoms with E-state index in [9.17, 15) is 0 Å². The summed E-state index contributed by atoms with van der Waals surface area (Å²) in [6.07, 6.45) is 0. The van der Waals surface area contributed by atoms with Gasteiger partial charge < -0.3 is 12.0 Å². The summed E-state index contributed by atoms with van der Waals surface area (Å²) in [6.45, 7) is 5.00. The first-order valence-corrected chi connectivity index (χ1v) is 1.81. The van der Waals surface area contributed by atoms with Crippen LogP contribution < -0.4 is 29.6 Å². The van der Waals surface area contributed by atoms with Gasteiger partial charge in [-0.15, -0.1) is 0 Å². The van der Waals surface area contributed by atoms with Gasteiger partial charge in [0.1, 0.15) is 0 Å². The van der Waals surface area contributed by atoms with Crippen molar-refractivity contribution >= 4 is 17.9 Å².